The quantitative estimate of drug-likeness (QED) is 0.406. The van der Waals surface area contributed by atoms with Gasteiger partial charge in [0.15, 0.2) is 0 Å². The van der Waals surface area contributed by atoms with Crippen molar-refractivity contribution in [2.45, 2.75) is 122 Å². The van der Waals surface area contributed by atoms with Gasteiger partial charge in [-0.2, -0.15) is 0 Å². The Labute approximate surface area is 272 Å². The van der Waals surface area contributed by atoms with Gasteiger partial charge in [0.2, 0.25) is 0 Å². The summed E-state index contributed by atoms with van der Waals surface area (Å²) in [5, 5.41) is 1.75. The van der Waals surface area contributed by atoms with Crippen molar-refractivity contribution < 1.29 is 46.1 Å². The fourth-order valence-corrected chi connectivity index (χ4v) is 20.2. The summed E-state index contributed by atoms with van der Waals surface area (Å²) in [7, 11) is -1.39. The maximum absolute atomic E-state index is 2.72. The largest absolute Gasteiger partial charge is 1.00 e. The van der Waals surface area contributed by atoms with Crippen LogP contribution in [0.2, 0.25) is 19.6 Å². The minimum atomic E-state index is -2.33. The summed E-state index contributed by atoms with van der Waals surface area (Å²) in [6, 6.07) is 15.1. The number of allylic oxidation sites excluding steroid dienone is 4. The Morgan fingerprint density at radius 1 is 0.732 bits per heavy atom. The summed E-state index contributed by atoms with van der Waals surface area (Å²) in [5.41, 5.74) is 11.4. The molecule has 222 valence electrons. The molecule has 2 aromatic rings. The molecule has 5 rings (SSSR count). The average Bonchev–Trinajstić information content (AvgIpc) is 3.33. The van der Waals surface area contributed by atoms with Gasteiger partial charge in [-0.15, -0.1) is 0 Å². The maximum Gasteiger partial charge on any atom is -1.00 e. The van der Waals surface area contributed by atoms with E-state index in [4.69, 9.17) is 0 Å². The third-order valence-corrected chi connectivity index (χ3v) is 21.3. The van der Waals surface area contributed by atoms with Gasteiger partial charge in [0.25, 0.3) is 0 Å². The number of fused-ring (bicyclic) bond motifs is 3. The second kappa shape index (κ2) is 12.5. The Morgan fingerprint density at radius 3 is 1.59 bits per heavy atom. The van der Waals surface area contributed by atoms with Crippen LogP contribution < -0.4 is 24.8 Å². The molecule has 0 spiro atoms. The van der Waals surface area contributed by atoms with E-state index in [0.29, 0.717) is 9.54 Å². The van der Waals surface area contributed by atoms with Gasteiger partial charge < -0.3 is 24.8 Å². The van der Waals surface area contributed by atoms with Gasteiger partial charge in [0, 0.05) is 0 Å². The van der Waals surface area contributed by atoms with Crippen LogP contribution in [0.1, 0.15) is 113 Å². The molecule has 0 bridgehead atoms. The Hall–Kier alpha value is -0.530. The minimum Gasteiger partial charge on any atom is -1.00 e. The van der Waals surface area contributed by atoms with Gasteiger partial charge in [0.05, 0.1) is 0 Å². The summed E-state index contributed by atoms with van der Waals surface area (Å²) in [5.74, 6) is 0.611. The first-order valence-electron chi connectivity index (χ1n) is 15.5. The number of benzene rings is 2. The van der Waals surface area contributed by atoms with E-state index in [1.807, 2.05) is 6.49 Å². The van der Waals surface area contributed by atoms with Crippen LogP contribution in [0.25, 0.3) is 11.1 Å². The van der Waals surface area contributed by atoms with E-state index in [1.54, 1.807) is 21.9 Å². The van der Waals surface area contributed by atoms with E-state index in [9.17, 15) is 0 Å². The fourth-order valence-electron chi connectivity index (χ4n) is 7.51. The summed E-state index contributed by atoms with van der Waals surface area (Å²) in [4.78, 5) is 0. The number of hydrogen-bond donors (Lipinski definition) is 0. The zero-order valence-corrected chi connectivity index (χ0v) is 32.5. The predicted octanol–water partition coefficient (Wildman–Crippen LogP) is 4.84. The van der Waals surface area contributed by atoms with Crippen LogP contribution in [0, 0.1) is 5.92 Å². The molecule has 3 aliphatic rings. The number of halogens is 2. The van der Waals surface area contributed by atoms with E-state index >= 15 is 0 Å². The predicted molar refractivity (Wildman–Crippen MR) is 173 cm³/mol. The zero-order chi connectivity index (χ0) is 28.5. The van der Waals surface area contributed by atoms with E-state index in [0.717, 1.165) is 0 Å². The molecule has 0 aromatic heterocycles. The molecule has 0 N–H and O–H groups in total. The third kappa shape index (κ3) is 6.62. The topological polar surface area (TPSA) is 0 Å². The Bertz CT molecular complexity index is 1330. The first-order valence-corrected chi connectivity index (χ1v) is 22.9. The summed E-state index contributed by atoms with van der Waals surface area (Å²) >= 11 is -2.33. The summed E-state index contributed by atoms with van der Waals surface area (Å²) < 4.78 is 4.58. The first kappa shape index (κ1) is 35.0. The van der Waals surface area contributed by atoms with Crippen LogP contribution in [0.3, 0.4) is 0 Å². The molecular formula is C37H52Cl2SiZr. The van der Waals surface area contributed by atoms with Gasteiger partial charge in [0.1, 0.15) is 0 Å². The van der Waals surface area contributed by atoms with Gasteiger partial charge in [-0.3, -0.25) is 0 Å². The molecule has 1 fully saturated rings. The van der Waals surface area contributed by atoms with Gasteiger partial charge in [-0.1, -0.05) is 0 Å². The second-order valence-corrected chi connectivity index (χ2v) is 27.3. The molecule has 1 unspecified atom stereocenters. The molecule has 1 saturated carbocycles. The standard InChI is InChI=1S/C21H25.C10H17Si.C6H10.2ClH.Zr/c1-20(2,3)16-7-9-18-14(12-16)11-15-13-17(21(4,5)6)8-10-19(15)18;1-8-6-9(2)10(7-8)11(3,4)5;1-2-4-6-5-3-1;;;/h7-13H,1-6H3;7-8H,1-5H3;1-5H2;2*1H;/q;;;;;+2/p-2. The number of rotatable bonds is 3. The van der Waals surface area contributed by atoms with Crippen molar-refractivity contribution in [3.63, 3.8) is 0 Å². The van der Waals surface area contributed by atoms with Crippen LogP contribution in [-0.2, 0) is 32.1 Å². The Kier molecular flexibility index (Phi) is 10.6. The van der Waals surface area contributed by atoms with Crippen molar-refractivity contribution in [2.75, 3.05) is 0 Å². The van der Waals surface area contributed by atoms with Crippen molar-refractivity contribution >= 4 is 11.3 Å². The molecule has 0 radical (unpaired) electrons. The SMILES string of the molecule is CC1=[C]([Zr+2](=[C]2CCCCC2)[CH]2c3cc(C(C)(C)C)ccc3-c3ccc(C(C)(C)C)cc32)C(C)C=C1[Si](C)(C)C.[Cl-].[Cl-]. The van der Waals surface area contributed by atoms with Crippen LogP contribution in [-0.4, -0.2) is 11.3 Å². The molecule has 0 amide bonds. The van der Waals surface area contributed by atoms with Crippen molar-refractivity contribution in [3.8, 4) is 11.1 Å². The van der Waals surface area contributed by atoms with Crippen LogP contribution in [0.5, 0.6) is 0 Å². The molecule has 41 heavy (non-hydrogen) atoms. The smallest absolute Gasteiger partial charge is 1.00 e. The Morgan fingerprint density at radius 2 is 1.20 bits per heavy atom. The molecule has 4 heteroatoms. The van der Waals surface area contributed by atoms with Crippen molar-refractivity contribution in [1.82, 2.24) is 0 Å². The molecule has 0 saturated heterocycles. The maximum atomic E-state index is 2.72. The van der Waals surface area contributed by atoms with E-state index in [1.165, 1.54) is 54.4 Å². The summed E-state index contributed by atoms with van der Waals surface area (Å²) in [6.45, 7) is 27.0. The Balaban J connectivity index is 0.00000231. The molecule has 1 atom stereocenters. The van der Waals surface area contributed by atoms with Gasteiger partial charge in [-0.25, -0.2) is 0 Å². The number of hydrogen-bond acceptors (Lipinski definition) is 0. The van der Waals surface area contributed by atoms with Crippen LogP contribution in [0.4, 0.5) is 0 Å². The summed E-state index contributed by atoms with van der Waals surface area (Å²) in [6.07, 6.45) is 9.73. The van der Waals surface area contributed by atoms with E-state index < -0.39 is 29.3 Å². The second-order valence-electron chi connectivity index (χ2n) is 15.8. The zero-order valence-electron chi connectivity index (χ0n) is 27.5. The monoisotopic (exact) mass is 684 g/mol. The minimum absolute atomic E-state index is 0. The van der Waals surface area contributed by atoms with E-state index in [2.05, 4.69) is 118 Å². The van der Waals surface area contributed by atoms with Gasteiger partial charge in [-0.05, 0) is 0 Å². The molecule has 0 nitrogen and oxygen atoms in total. The first-order chi connectivity index (χ1) is 18.1. The molecular weight excluding hydrogens is 635 g/mol. The van der Waals surface area contributed by atoms with Crippen LogP contribution in [0.15, 0.2) is 56.5 Å². The van der Waals surface area contributed by atoms with Crippen molar-refractivity contribution in [2.24, 2.45) is 5.92 Å². The molecule has 0 aliphatic heterocycles. The van der Waals surface area contributed by atoms with Crippen molar-refractivity contribution in [3.05, 3.63) is 78.8 Å². The third-order valence-electron chi connectivity index (χ3n) is 9.65. The average molecular weight is 687 g/mol. The molecule has 2 aromatic carbocycles. The normalized spacial score (nSPS) is 19.1. The molecule has 3 aliphatic carbocycles. The van der Waals surface area contributed by atoms with Crippen molar-refractivity contribution in [1.29, 1.82) is 0 Å². The molecule has 0 heterocycles. The van der Waals surface area contributed by atoms with Crippen LogP contribution >= 0.6 is 0 Å². The van der Waals surface area contributed by atoms with E-state index in [-0.39, 0.29) is 35.6 Å². The van der Waals surface area contributed by atoms with Gasteiger partial charge >= 0.3 is 250 Å². The fraction of sp³-hybridized carbons (Fsp3) is 0.541.